The first-order valence-corrected chi connectivity index (χ1v) is 8.63. The highest BCUT2D eigenvalue weighted by Gasteiger charge is 2.22. The van der Waals surface area contributed by atoms with Crippen LogP contribution < -0.4 is 5.32 Å². The highest BCUT2D eigenvalue weighted by atomic mass is 32.2. The Morgan fingerprint density at radius 1 is 1.17 bits per heavy atom. The fraction of sp³-hybridized carbons (Fsp3) is 0.333. The Kier molecular flexibility index (Phi) is 6.47. The number of rotatable bonds is 8. The van der Waals surface area contributed by atoms with Crippen LogP contribution in [0.1, 0.15) is 26.2 Å². The van der Waals surface area contributed by atoms with Gasteiger partial charge in [0, 0.05) is 17.9 Å². The lowest BCUT2D eigenvalue weighted by molar-refractivity contribution is -0.138. The predicted octanol–water partition coefficient (Wildman–Crippen LogP) is 3.69. The lowest BCUT2D eigenvalue weighted by Gasteiger charge is -2.12. The largest absolute Gasteiger partial charge is 0.480 e. The molecule has 0 spiro atoms. The Labute approximate surface area is 140 Å². The van der Waals surface area contributed by atoms with Gasteiger partial charge in [-0.05, 0) is 29.3 Å². The summed E-state index contributed by atoms with van der Waals surface area (Å²) in [6.45, 7) is 2.64. The van der Waals surface area contributed by atoms with E-state index in [0.29, 0.717) is 6.54 Å². The third-order valence-corrected chi connectivity index (χ3v) is 4.68. The molecule has 0 aliphatic heterocycles. The molecule has 0 bridgehead atoms. The molecule has 0 saturated carbocycles. The second kappa shape index (κ2) is 8.58. The van der Waals surface area contributed by atoms with Gasteiger partial charge in [-0.1, -0.05) is 43.7 Å². The minimum Gasteiger partial charge on any atom is -0.480 e. The van der Waals surface area contributed by atoms with Crippen molar-refractivity contribution in [1.82, 2.24) is 5.32 Å². The number of nitrogens with one attached hydrogen (secondary N) is 1. The molecule has 1 amide bonds. The maximum absolute atomic E-state index is 11.8. The molecule has 4 nitrogen and oxygen atoms in total. The molecule has 0 aromatic heterocycles. The van der Waals surface area contributed by atoms with Gasteiger partial charge in [-0.25, -0.2) is 0 Å². The maximum Gasteiger partial charge on any atom is 0.317 e. The van der Waals surface area contributed by atoms with Gasteiger partial charge >= 0.3 is 5.97 Å². The van der Waals surface area contributed by atoms with Gasteiger partial charge in [0.05, 0.1) is 0 Å². The van der Waals surface area contributed by atoms with Crippen LogP contribution in [0.4, 0.5) is 0 Å². The first-order chi connectivity index (χ1) is 11.1. The number of fused-ring (bicyclic) bond motifs is 1. The molecular weight excluding hydrogens is 310 g/mol. The van der Waals surface area contributed by atoms with Gasteiger partial charge in [-0.3, -0.25) is 9.59 Å². The van der Waals surface area contributed by atoms with E-state index >= 15 is 0 Å². The van der Waals surface area contributed by atoms with Gasteiger partial charge in [0.1, 0.15) is 5.25 Å². The number of carboxylic acids is 1. The van der Waals surface area contributed by atoms with Crippen molar-refractivity contribution in [3.8, 4) is 0 Å². The van der Waals surface area contributed by atoms with Gasteiger partial charge in [0.25, 0.3) is 0 Å². The second-order valence-corrected chi connectivity index (χ2v) is 6.64. The summed E-state index contributed by atoms with van der Waals surface area (Å²) in [5.74, 6) is -1.17. The van der Waals surface area contributed by atoms with Crippen LogP contribution in [0.3, 0.4) is 0 Å². The second-order valence-electron chi connectivity index (χ2n) is 5.36. The summed E-state index contributed by atoms with van der Waals surface area (Å²) in [4.78, 5) is 24.1. The molecule has 1 atom stereocenters. The van der Waals surface area contributed by atoms with Crippen molar-refractivity contribution in [3.63, 3.8) is 0 Å². The van der Waals surface area contributed by atoms with Gasteiger partial charge in [0.15, 0.2) is 0 Å². The number of amides is 1. The summed E-state index contributed by atoms with van der Waals surface area (Å²) < 4.78 is 0. The lowest BCUT2D eigenvalue weighted by atomic mass is 10.1. The molecule has 0 aliphatic rings. The zero-order valence-electron chi connectivity index (χ0n) is 13.1. The molecule has 2 N–H and O–H groups in total. The molecule has 23 heavy (non-hydrogen) atoms. The van der Waals surface area contributed by atoms with E-state index in [1.807, 2.05) is 49.4 Å². The molecule has 0 heterocycles. The topological polar surface area (TPSA) is 66.4 Å². The van der Waals surface area contributed by atoms with Gasteiger partial charge < -0.3 is 10.4 Å². The first kappa shape index (κ1) is 17.3. The summed E-state index contributed by atoms with van der Waals surface area (Å²) in [7, 11) is 0. The number of aliphatic carboxylic acids is 1. The molecule has 0 unspecified atom stereocenters. The van der Waals surface area contributed by atoms with Crippen molar-refractivity contribution >= 4 is 34.4 Å². The summed E-state index contributed by atoms with van der Waals surface area (Å²) in [5.41, 5.74) is 0. The summed E-state index contributed by atoms with van der Waals surface area (Å²) in [6, 6.07) is 13.8. The SMILES string of the molecule is CCCCNC(=O)C[C@H](Sc1ccc2ccccc2c1)C(=O)O. The fourth-order valence-electron chi connectivity index (χ4n) is 2.23. The molecule has 122 valence electrons. The number of unbranched alkanes of at least 4 members (excludes halogenated alkanes) is 1. The summed E-state index contributed by atoms with van der Waals surface area (Å²) in [6.07, 6.45) is 1.88. The molecule has 5 heteroatoms. The van der Waals surface area contributed by atoms with Crippen molar-refractivity contribution in [2.24, 2.45) is 0 Å². The third kappa shape index (κ3) is 5.28. The molecular formula is C18H21NO3S. The van der Waals surface area contributed by atoms with Crippen LogP contribution in [0.25, 0.3) is 10.8 Å². The number of carboxylic acid groups (broad SMARTS) is 1. The Morgan fingerprint density at radius 3 is 2.61 bits per heavy atom. The van der Waals surface area contributed by atoms with E-state index in [0.717, 1.165) is 28.5 Å². The number of carbonyl (C=O) groups is 2. The molecule has 0 fully saturated rings. The number of carbonyl (C=O) groups excluding carboxylic acids is 1. The number of thioether (sulfide) groups is 1. The fourth-order valence-corrected chi connectivity index (χ4v) is 3.24. The van der Waals surface area contributed by atoms with E-state index in [4.69, 9.17) is 0 Å². The molecule has 0 aliphatic carbocycles. The molecule has 2 aromatic rings. The average Bonchev–Trinajstić information content (AvgIpc) is 2.54. The van der Waals surface area contributed by atoms with E-state index in [9.17, 15) is 14.7 Å². The normalized spacial score (nSPS) is 12.0. The van der Waals surface area contributed by atoms with Crippen molar-refractivity contribution in [1.29, 1.82) is 0 Å². The predicted molar refractivity (Wildman–Crippen MR) is 93.8 cm³/mol. The highest BCUT2D eigenvalue weighted by Crippen LogP contribution is 2.28. The van der Waals surface area contributed by atoms with Crippen LogP contribution in [0, 0.1) is 0 Å². The maximum atomic E-state index is 11.8. The zero-order valence-corrected chi connectivity index (χ0v) is 13.9. The average molecular weight is 331 g/mol. The van der Waals surface area contributed by atoms with E-state index in [2.05, 4.69) is 5.32 Å². The van der Waals surface area contributed by atoms with Gasteiger partial charge in [0.2, 0.25) is 5.91 Å². The van der Waals surface area contributed by atoms with Crippen molar-refractivity contribution in [2.45, 2.75) is 36.3 Å². The van der Waals surface area contributed by atoms with E-state index in [1.165, 1.54) is 11.8 Å². The molecule has 2 rings (SSSR count). The monoisotopic (exact) mass is 331 g/mol. The van der Waals surface area contributed by atoms with Crippen LogP contribution in [0.5, 0.6) is 0 Å². The number of benzene rings is 2. The van der Waals surface area contributed by atoms with E-state index in [1.54, 1.807) is 0 Å². The molecule has 0 radical (unpaired) electrons. The standard InChI is InChI=1S/C18H21NO3S/c1-2-3-10-19-17(20)12-16(18(21)22)23-15-9-8-13-6-4-5-7-14(13)11-15/h4-9,11,16H,2-3,10,12H2,1H3,(H,19,20)(H,21,22)/t16-/m0/s1. The van der Waals surface area contributed by atoms with Crippen molar-refractivity contribution in [3.05, 3.63) is 42.5 Å². The minimum atomic E-state index is -0.964. The number of hydrogen-bond donors (Lipinski definition) is 2. The van der Waals surface area contributed by atoms with Crippen LogP contribution in [-0.2, 0) is 9.59 Å². The van der Waals surface area contributed by atoms with Gasteiger partial charge in [-0.2, -0.15) is 0 Å². The Bertz CT molecular complexity index is 687. The lowest BCUT2D eigenvalue weighted by Crippen LogP contribution is -2.30. The minimum absolute atomic E-state index is 0.0173. The summed E-state index contributed by atoms with van der Waals surface area (Å²) >= 11 is 1.22. The zero-order chi connectivity index (χ0) is 16.7. The smallest absolute Gasteiger partial charge is 0.317 e. The Morgan fingerprint density at radius 2 is 1.91 bits per heavy atom. The van der Waals surface area contributed by atoms with Gasteiger partial charge in [-0.15, -0.1) is 11.8 Å². The Hall–Kier alpha value is -2.01. The molecule has 0 saturated heterocycles. The highest BCUT2D eigenvalue weighted by molar-refractivity contribution is 8.00. The number of hydrogen-bond acceptors (Lipinski definition) is 3. The van der Waals surface area contributed by atoms with Crippen LogP contribution in [0.2, 0.25) is 0 Å². The quantitative estimate of drug-likeness (QED) is 0.572. The van der Waals surface area contributed by atoms with Crippen molar-refractivity contribution in [2.75, 3.05) is 6.54 Å². The summed E-state index contributed by atoms with van der Waals surface area (Å²) in [5, 5.41) is 13.5. The van der Waals surface area contributed by atoms with Crippen molar-refractivity contribution < 1.29 is 14.7 Å². The van der Waals surface area contributed by atoms with Crippen LogP contribution in [0.15, 0.2) is 47.4 Å². The Balaban J connectivity index is 2.02. The third-order valence-electron chi connectivity index (χ3n) is 3.50. The van der Waals surface area contributed by atoms with E-state index < -0.39 is 11.2 Å². The van der Waals surface area contributed by atoms with Crippen LogP contribution in [-0.4, -0.2) is 28.8 Å². The van der Waals surface area contributed by atoms with Crippen LogP contribution >= 0.6 is 11.8 Å². The first-order valence-electron chi connectivity index (χ1n) is 7.75. The van der Waals surface area contributed by atoms with E-state index in [-0.39, 0.29) is 12.3 Å². The molecule has 2 aromatic carbocycles.